The molecule has 6 heteroatoms. The normalized spacial score (nSPS) is 19.9. The largest absolute Gasteiger partial charge is 0.394 e. The smallest absolute Gasteiger partial charge is 0.251 e. The molecule has 0 radical (unpaired) electrons. The third-order valence-corrected chi connectivity index (χ3v) is 4.41. The summed E-state index contributed by atoms with van der Waals surface area (Å²) in [6, 6.07) is 5.47. The molecule has 2 heterocycles. The molecule has 2 aliphatic rings. The van der Waals surface area contributed by atoms with Crippen molar-refractivity contribution in [3.05, 3.63) is 34.9 Å². The van der Waals surface area contributed by atoms with Gasteiger partial charge in [0, 0.05) is 25.2 Å². The Bertz CT molecular complexity index is 543. The molecule has 0 saturated carbocycles. The molecule has 1 aromatic rings. The first kappa shape index (κ1) is 16.4. The van der Waals surface area contributed by atoms with E-state index in [1.807, 2.05) is 18.2 Å². The van der Waals surface area contributed by atoms with Crippen LogP contribution in [0.2, 0.25) is 0 Å². The average Bonchev–Trinajstić information content (AvgIpc) is 2.61. The number of benzene rings is 1. The Morgan fingerprint density at radius 3 is 2.87 bits per heavy atom. The highest BCUT2D eigenvalue weighted by Gasteiger charge is 2.22. The first-order valence-electron chi connectivity index (χ1n) is 8.18. The number of nitrogens with one attached hydrogen (secondary N) is 1. The number of fused-ring (bicyclic) bond motifs is 1. The van der Waals surface area contributed by atoms with Crippen LogP contribution in [0.5, 0.6) is 0 Å². The molecule has 1 saturated heterocycles. The molecule has 6 nitrogen and oxygen atoms in total. The fourth-order valence-electron chi connectivity index (χ4n) is 3.14. The van der Waals surface area contributed by atoms with Gasteiger partial charge in [0.2, 0.25) is 0 Å². The number of rotatable bonds is 5. The van der Waals surface area contributed by atoms with E-state index in [1.54, 1.807) is 0 Å². The van der Waals surface area contributed by atoms with E-state index in [-0.39, 0.29) is 18.6 Å². The molecule has 1 aromatic carbocycles. The Balaban J connectivity index is 1.65. The van der Waals surface area contributed by atoms with Gasteiger partial charge >= 0.3 is 0 Å². The number of morpholine rings is 1. The topological polar surface area (TPSA) is 71.0 Å². The van der Waals surface area contributed by atoms with Crippen LogP contribution in [0.1, 0.15) is 21.5 Å². The number of hydrogen-bond donors (Lipinski definition) is 2. The molecule has 3 rings (SSSR count). The molecule has 1 atom stereocenters. The van der Waals surface area contributed by atoms with Gasteiger partial charge in [0.05, 0.1) is 39.1 Å². The van der Waals surface area contributed by atoms with E-state index < -0.39 is 0 Å². The Hall–Kier alpha value is -1.47. The number of ether oxygens (including phenoxy) is 2. The van der Waals surface area contributed by atoms with E-state index in [1.165, 1.54) is 0 Å². The first-order chi connectivity index (χ1) is 11.3. The molecule has 23 heavy (non-hydrogen) atoms. The Kier molecular flexibility index (Phi) is 5.61. The summed E-state index contributed by atoms with van der Waals surface area (Å²) < 4.78 is 10.8. The summed E-state index contributed by atoms with van der Waals surface area (Å²) in [5.74, 6) is -0.115. The zero-order chi connectivity index (χ0) is 16.1. The van der Waals surface area contributed by atoms with Gasteiger partial charge in [-0.05, 0) is 23.6 Å². The van der Waals surface area contributed by atoms with Crippen molar-refractivity contribution in [2.24, 2.45) is 0 Å². The second kappa shape index (κ2) is 7.88. The van der Waals surface area contributed by atoms with E-state index in [9.17, 15) is 9.90 Å². The van der Waals surface area contributed by atoms with E-state index in [0.717, 1.165) is 30.6 Å². The highest BCUT2D eigenvalue weighted by molar-refractivity contribution is 5.96. The fourth-order valence-corrected chi connectivity index (χ4v) is 3.14. The van der Waals surface area contributed by atoms with Crippen LogP contribution in [0.3, 0.4) is 0 Å². The maximum absolute atomic E-state index is 12.6. The predicted octanol–water partition coefficient (Wildman–Crippen LogP) is 0.182. The van der Waals surface area contributed by atoms with Gasteiger partial charge in [-0.15, -0.1) is 0 Å². The molecule has 1 unspecified atom stereocenters. The maximum atomic E-state index is 12.6. The minimum atomic E-state index is -0.267. The van der Waals surface area contributed by atoms with E-state index in [0.29, 0.717) is 38.5 Å². The van der Waals surface area contributed by atoms with E-state index in [4.69, 9.17) is 9.47 Å². The molecule has 0 bridgehead atoms. The summed E-state index contributed by atoms with van der Waals surface area (Å²) in [7, 11) is 0. The van der Waals surface area contributed by atoms with Crippen molar-refractivity contribution < 1.29 is 19.4 Å². The van der Waals surface area contributed by atoms with Gasteiger partial charge in [-0.25, -0.2) is 0 Å². The highest BCUT2D eigenvalue weighted by Crippen LogP contribution is 2.21. The molecule has 2 N–H and O–H groups in total. The number of amides is 1. The molecule has 2 aliphatic heterocycles. The molecule has 1 amide bonds. The van der Waals surface area contributed by atoms with Crippen molar-refractivity contribution in [3.63, 3.8) is 0 Å². The SMILES string of the molecule is O=C(NC(CO)CN1CCOCC1)c1cccc2c1CCOC2. The monoisotopic (exact) mass is 320 g/mol. The minimum absolute atomic E-state index is 0.0682. The zero-order valence-electron chi connectivity index (χ0n) is 13.3. The van der Waals surface area contributed by atoms with Crippen molar-refractivity contribution in [3.8, 4) is 0 Å². The minimum Gasteiger partial charge on any atom is -0.394 e. The van der Waals surface area contributed by atoms with Gasteiger partial charge < -0.3 is 19.9 Å². The molecule has 0 spiro atoms. The van der Waals surface area contributed by atoms with Crippen LogP contribution in [-0.4, -0.2) is 68.0 Å². The van der Waals surface area contributed by atoms with Crippen molar-refractivity contribution in [2.75, 3.05) is 46.1 Å². The molecular weight excluding hydrogens is 296 g/mol. The number of hydrogen-bond acceptors (Lipinski definition) is 5. The second-order valence-electron chi connectivity index (χ2n) is 6.01. The average molecular weight is 320 g/mol. The first-order valence-corrected chi connectivity index (χ1v) is 8.18. The van der Waals surface area contributed by atoms with Gasteiger partial charge in [-0.1, -0.05) is 12.1 Å². The maximum Gasteiger partial charge on any atom is 0.251 e. The Morgan fingerprint density at radius 1 is 1.26 bits per heavy atom. The van der Waals surface area contributed by atoms with Gasteiger partial charge in [0.1, 0.15) is 0 Å². The van der Waals surface area contributed by atoms with E-state index >= 15 is 0 Å². The van der Waals surface area contributed by atoms with Crippen LogP contribution < -0.4 is 5.32 Å². The summed E-state index contributed by atoms with van der Waals surface area (Å²) >= 11 is 0. The lowest BCUT2D eigenvalue weighted by Crippen LogP contribution is -2.49. The Morgan fingerprint density at radius 2 is 2.09 bits per heavy atom. The third-order valence-electron chi connectivity index (χ3n) is 4.41. The number of aliphatic hydroxyl groups is 1. The number of nitrogens with zero attached hydrogens (tertiary/aromatic N) is 1. The summed E-state index contributed by atoms with van der Waals surface area (Å²) in [6.07, 6.45) is 0.756. The van der Waals surface area contributed by atoms with Crippen LogP contribution >= 0.6 is 0 Å². The quantitative estimate of drug-likeness (QED) is 0.810. The molecule has 0 aliphatic carbocycles. The lowest BCUT2D eigenvalue weighted by atomic mass is 9.96. The summed E-state index contributed by atoms with van der Waals surface area (Å²) in [6.45, 7) is 4.87. The molecule has 0 aromatic heterocycles. The van der Waals surface area contributed by atoms with Crippen LogP contribution in [0.15, 0.2) is 18.2 Å². The van der Waals surface area contributed by atoms with Crippen molar-refractivity contribution in [1.29, 1.82) is 0 Å². The van der Waals surface area contributed by atoms with Crippen molar-refractivity contribution in [2.45, 2.75) is 19.1 Å². The standard InChI is InChI=1S/C17H24N2O4/c20-11-14(10-19-5-8-22-9-6-19)18-17(21)16-3-1-2-13-12-23-7-4-15(13)16/h1-3,14,20H,4-12H2,(H,18,21). The van der Waals surface area contributed by atoms with Crippen molar-refractivity contribution >= 4 is 5.91 Å². The third kappa shape index (κ3) is 4.09. The van der Waals surface area contributed by atoms with E-state index in [2.05, 4.69) is 10.2 Å². The molecule has 126 valence electrons. The van der Waals surface area contributed by atoms with Gasteiger partial charge in [0.15, 0.2) is 0 Å². The van der Waals surface area contributed by atoms with Crippen LogP contribution in [-0.2, 0) is 22.5 Å². The molecular formula is C17H24N2O4. The van der Waals surface area contributed by atoms with Crippen LogP contribution in [0, 0.1) is 0 Å². The molecule has 1 fully saturated rings. The zero-order valence-corrected chi connectivity index (χ0v) is 13.3. The van der Waals surface area contributed by atoms with Crippen LogP contribution in [0.4, 0.5) is 0 Å². The van der Waals surface area contributed by atoms with Gasteiger partial charge in [0.25, 0.3) is 5.91 Å². The number of aliphatic hydroxyl groups excluding tert-OH is 1. The second-order valence-corrected chi connectivity index (χ2v) is 6.01. The van der Waals surface area contributed by atoms with Gasteiger partial charge in [-0.2, -0.15) is 0 Å². The summed E-state index contributed by atoms with van der Waals surface area (Å²) in [5, 5.41) is 12.6. The predicted molar refractivity (Wildman–Crippen MR) is 85.4 cm³/mol. The van der Waals surface area contributed by atoms with Crippen molar-refractivity contribution in [1.82, 2.24) is 10.2 Å². The summed E-state index contributed by atoms with van der Waals surface area (Å²) in [4.78, 5) is 14.8. The number of carbonyl (C=O) groups excluding carboxylic acids is 1. The fraction of sp³-hybridized carbons (Fsp3) is 0.588. The van der Waals surface area contributed by atoms with Crippen LogP contribution in [0.25, 0.3) is 0 Å². The highest BCUT2D eigenvalue weighted by atomic mass is 16.5. The lowest BCUT2D eigenvalue weighted by molar-refractivity contribution is 0.0296. The lowest BCUT2D eigenvalue weighted by Gasteiger charge is -2.30. The summed E-state index contributed by atoms with van der Waals surface area (Å²) in [5.41, 5.74) is 2.85. The number of carbonyl (C=O) groups is 1. The Labute approximate surface area is 136 Å². The van der Waals surface area contributed by atoms with Gasteiger partial charge in [-0.3, -0.25) is 9.69 Å².